The second kappa shape index (κ2) is 8.39. The van der Waals surface area contributed by atoms with Crippen molar-refractivity contribution in [2.75, 3.05) is 6.54 Å². The molecule has 0 saturated heterocycles. The Morgan fingerprint density at radius 2 is 1.69 bits per heavy atom. The van der Waals surface area contributed by atoms with Crippen molar-refractivity contribution in [2.45, 2.75) is 19.3 Å². The van der Waals surface area contributed by atoms with E-state index in [0.717, 1.165) is 47.7 Å². The lowest BCUT2D eigenvalue weighted by atomic mass is 9.99. The molecule has 6 nitrogen and oxygen atoms in total. The summed E-state index contributed by atoms with van der Waals surface area (Å²) in [5, 5.41) is 15.3. The minimum atomic E-state index is -5.08. The zero-order valence-corrected chi connectivity index (χ0v) is 14.9. The van der Waals surface area contributed by atoms with Crippen molar-refractivity contribution in [1.82, 2.24) is 20.1 Å². The van der Waals surface area contributed by atoms with Gasteiger partial charge >= 0.3 is 12.1 Å². The van der Waals surface area contributed by atoms with Crippen molar-refractivity contribution in [3.63, 3.8) is 0 Å². The lowest BCUT2D eigenvalue weighted by Gasteiger charge is -2.16. The summed E-state index contributed by atoms with van der Waals surface area (Å²) in [6.45, 7) is 2.54. The molecule has 0 fully saturated rings. The van der Waals surface area contributed by atoms with Crippen LogP contribution >= 0.6 is 0 Å². The smallest absolute Gasteiger partial charge is 0.475 e. The topological polar surface area (TPSA) is 80.0 Å². The summed E-state index contributed by atoms with van der Waals surface area (Å²) in [7, 11) is 0. The molecule has 0 amide bonds. The van der Waals surface area contributed by atoms with Crippen LogP contribution in [0.2, 0.25) is 0 Å². The second-order valence-electron chi connectivity index (χ2n) is 6.12. The summed E-state index contributed by atoms with van der Waals surface area (Å²) in [5.74, 6) is -2.99. The van der Waals surface area contributed by atoms with E-state index in [0.29, 0.717) is 0 Å². The molecule has 0 saturated carbocycles. The number of carboxylic acids is 1. The van der Waals surface area contributed by atoms with Gasteiger partial charge in [-0.3, -0.25) is 9.67 Å². The Kier molecular flexibility index (Phi) is 5.92. The van der Waals surface area contributed by atoms with Crippen LogP contribution in [-0.4, -0.2) is 38.6 Å². The lowest BCUT2D eigenvalue weighted by Crippen LogP contribution is -2.28. The minimum Gasteiger partial charge on any atom is -0.475 e. The van der Waals surface area contributed by atoms with Gasteiger partial charge in [0.05, 0.1) is 12.2 Å². The third kappa shape index (κ3) is 4.77. The highest BCUT2D eigenvalue weighted by Gasteiger charge is 2.38. The van der Waals surface area contributed by atoms with Crippen molar-refractivity contribution in [1.29, 1.82) is 0 Å². The van der Waals surface area contributed by atoms with Gasteiger partial charge in [-0.2, -0.15) is 18.3 Å². The molecule has 0 atom stereocenters. The van der Waals surface area contributed by atoms with E-state index in [9.17, 15) is 17.6 Å². The molecule has 2 aromatic heterocycles. The van der Waals surface area contributed by atoms with Crippen molar-refractivity contribution in [3.05, 3.63) is 60.3 Å². The first-order valence-corrected chi connectivity index (χ1v) is 8.54. The van der Waals surface area contributed by atoms with E-state index >= 15 is 0 Å². The summed E-state index contributed by atoms with van der Waals surface area (Å²) in [6.07, 6.45) is -1.52. The van der Waals surface area contributed by atoms with Crippen LogP contribution < -0.4 is 5.32 Å². The van der Waals surface area contributed by atoms with Crippen LogP contribution in [0.15, 0.2) is 48.8 Å². The number of aliphatic carboxylic acids is 1. The number of halogens is 4. The number of carboxylic acid groups (broad SMARTS) is 1. The largest absolute Gasteiger partial charge is 0.490 e. The number of nitrogens with zero attached hydrogens (tertiary/aromatic N) is 3. The highest BCUT2D eigenvalue weighted by Crippen LogP contribution is 2.35. The molecule has 152 valence electrons. The van der Waals surface area contributed by atoms with E-state index in [1.54, 1.807) is 24.5 Å². The predicted octanol–water partition coefficient (Wildman–Crippen LogP) is 3.49. The maximum Gasteiger partial charge on any atom is 0.490 e. The van der Waals surface area contributed by atoms with E-state index in [1.165, 1.54) is 12.1 Å². The van der Waals surface area contributed by atoms with E-state index in [4.69, 9.17) is 15.0 Å². The number of fused-ring (bicyclic) bond motifs is 1. The number of alkyl halides is 3. The van der Waals surface area contributed by atoms with Gasteiger partial charge < -0.3 is 10.4 Å². The zero-order valence-electron chi connectivity index (χ0n) is 14.9. The van der Waals surface area contributed by atoms with Crippen molar-refractivity contribution in [3.8, 4) is 22.4 Å². The Hall–Kier alpha value is -3.27. The van der Waals surface area contributed by atoms with Crippen LogP contribution in [0.1, 0.15) is 5.69 Å². The Morgan fingerprint density at radius 3 is 2.28 bits per heavy atom. The predicted molar refractivity (Wildman–Crippen MR) is 96.2 cm³/mol. The van der Waals surface area contributed by atoms with Gasteiger partial charge in [0.2, 0.25) is 0 Å². The molecule has 4 rings (SSSR count). The van der Waals surface area contributed by atoms with Gasteiger partial charge in [0.15, 0.2) is 0 Å². The van der Waals surface area contributed by atoms with Crippen LogP contribution in [0.25, 0.3) is 22.4 Å². The minimum absolute atomic E-state index is 0.236. The molecule has 1 aromatic carbocycles. The fourth-order valence-corrected chi connectivity index (χ4v) is 2.88. The first-order valence-electron chi connectivity index (χ1n) is 8.54. The maximum absolute atomic E-state index is 13.2. The van der Waals surface area contributed by atoms with Crippen molar-refractivity contribution < 1.29 is 27.5 Å². The van der Waals surface area contributed by atoms with Gasteiger partial charge in [-0.15, -0.1) is 0 Å². The Morgan fingerprint density at radius 1 is 1.07 bits per heavy atom. The van der Waals surface area contributed by atoms with Gasteiger partial charge in [-0.25, -0.2) is 9.18 Å². The van der Waals surface area contributed by atoms with Gasteiger partial charge in [0, 0.05) is 36.6 Å². The number of rotatable bonds is 2. The number of hydrogen-bond acceptors (Lipinski definition) is 4. The third-order valence-corrected chi connectivity index (χ3v) is 4.18. The molecule has 1 aliphatic heterocycles. The number of carbonyl (C=O) groups is 1. The number of benzene rings is 1. The highest BCUT2D eigenvalue weighted by molar-refractivity contribution is 5.82. The highest BCUT2D eigenvalue weighted by atomic mass is 19.4. The molecule has 3 heterocycles. The number of nitrogens with one attached hydrogen (secondary N) is 1. The van der Waals surface area contributed by atoms with Gasteiger partial charge in [-0.05, 0) is 42.0 Å². The fourth-order valence-electron chi connectivity index (χ4n) is 2.88. The van der Waals surface area contributed by atoms with E-state index < -0.39 is 12.1 Å². The zero-order chi connectivity index (χ0) is 21.0. The molecule has 0 spiro atoms. The number of pyridine rings is 1. The molecule has 1 aliphatic rings. The first-order chi connectivity index (χ1) is 13.8. The first kappa shape index (κ1) is 20.5. The summed E-state index contributed by atoms with van der Waals surface area (Å²) >= 11 is 0. The van der Waals surface area contributed by atoms with E-state index in [-0.39, 0.29) is 5.82 Å². The van der Waals surface area contributed by atoms with Crippen molar-refractivity contribution in [2.24, 2.45) is 0 Å². The normalized spacial score (nSPS) is 13.2. The van der Waals surface area contributed by atoms with Crippen LogP contribution in [0, 0.1) is 5.82 Å². The summed E-state index contributed by atoms with van der Waals surface area (Å²) in [6, 6.07) is 10.5. The Balaban J connectivity index is 0.000000298. The Labute approximate surface area is 162 Å². The molecule has 0 unspecified atom stereocenters. The third-order valence-electron chi connectivity index (χ3n) is 4.18. The van der Waals surface area contributed by atoms with Gasteiger partial charge in [0.25, 0.3) is 0 Å². The lowest BCUT2D eigenvalue weighted by molar-refractivity contribution is -0.192. The van der Waals surface area contributed by atoms with Crippen LogP contribution in [-0.2, 0) is 17.9 Å². The summed E-state index contributed by atoms with van der Waals surface area (Å²) in [5.41, 5.74) is 5.16. The molecule has 3 aromatic rings. The molecular weight excluding hydrogens is 392 g/mol. The van der Waals surface area contributed by atoms with Crippen LogP contribution in [0.3, 0.4) is 0 Å². The monoisotopic (exact) mass is 408 g/mol. The average molecular weight is 408 g/mol. The molecule has 0 radical (unpaired) electrons. The molecule has 29 heavy (non-hydrogen) atoms. The summed E-state index contributed by atoms with van der Waals surface area (Å²) in [4.78, 5) is 13.0. The average Bonchev–Trinajstić information content (AvgIpc) is 3.08. The van der Waals surface area contributed by atoms with Crippen molar-refractivity contribution >= 4 is 5.97 Å². The molecule has 0 aliphatic carbocycles. The van der Waals surface area contributed by atoms with E-state index in [1.807, 2.05) is 16.8 Å². The standard InChI is InChI=1S/C17H15FN4.C2HF3O2/c18-14-3-1-13(2-4-14)17-16(12-5-7-19-8-6-12)15-11-20-9-10-22(15)21-17;3-2(4,5)1(6)7/h1-8,20H,9-11H2;(H,6,7). The second-order valence-corrected chi connectivity index (χ2v) is 6.12. The van der Waals surface area contributed by atoms with Gasteiger partial charge in [0.1, 0.15) is 11.5 Å². The number of hydrogen-bond donors (Lipinski definition) is 2. The SMILES string of the molecule is Fc1ccc(-c2nn3c(c2-c2ccncc2)CNCC3)cc1.O=C(O)C(F)(F)F. The quantitative estimate of drug-likeness (QED) is 0.635. The number of aromatic nitrogens is 3. The summed E-state index contributed by atoms with van der Waals surface area (Å²) < 4.78 is 47.0. The van der Waals surface area contributed by atoms with Crippen LogP contribution in [0.4, 0.5) is 17.6 Å². The molecule has 10 heteroatoms. The molecule has 0 bridgehead atoms. The fraction of sp³-hybridized carbons (Fsp3) is 0.211. The Bertz CT molecular complexity index is 986. The van der Waals surface area contributed by atoms with Gasteiger partial charge in [-0.1, -0.05) is 0 Å². The van der Waals surface area contributed by atoms with E-state index in [2.05, 4.69) is 10.3 Å². The molecular formula is C19H16F4N4O2. The maximum atomic E-state index is 13.2. The van der Waals surface area contributed by atoms with Crippen LogP contribution in [0.5, 0.6) is 0 Å². The molecule has 2 N–H and O–H groups in total.